The van der Waals surface area contributed by atoms with E-state index >= 15 is 0 Å². The molecule has 6 nitrogen and oxygen atoms in total. The molecule has 0 atom stereocenters. The van der Waals surface area contributed by atoms with Gasteiger partial charge < -0.3 is 15.6 Å². The number of aryl methyl sites for hydroxylation is 3. The van der Waals surface area contributed by atoms with Crippen LogP contribution in [-0.2, 0) is 18.4 Å². The van der Waals surface area contributed by atoms with E-state index < -0.39 is 0 Å². The molecule has 0 unspecified atom stereocenters. The smallest absolute Gasteiger partial charge is 0.160 e. The molecule has 0 bridgehead atoms. The van der Waals surface area contributed by atoms with Gasteiger partial charge in [0.2, 0.25) is 0 Å². The Morgan fingerprint density at radius 1 is 1.09 bits per heavy atom. The lowest BCUT2D eigenvalue weighted by Gasteiger charge is -2.44. The molecule has 2 aliphatic rings. The Hall–Kier alpha value is -2.28. The first kappa shape index (κ1) is 23.5. The number of nitrogens with one attached hydrogen (secondary N) is 1. The maximum Gasteiger partial charge on any atom is 0.160 e. The quantitative estimate of drug-likeness (QED) is 0.587. The number of aromatic nitrogens is 3. The van der Waals surface area contributed by atoms with Gasteiger partial charge in [-0.3, -0.25) is 4.90 Å². The number of nitrogens with zero attached hydrogens (tertiary/aromatic N) is 4. The van der Waals surface area contributed by atoms with Gasteiger partial charge in [-0.15, -0.1) is 0 Å². The summed E-state index contributed by atoms with van der Waals surface area (Å²) in [6.07, 6.45) is 5.49. The molecule has 0 amide bonds. The van der Waals surface area contributed by atoms with Gasteiger partial charge in [-0.2, -0.15) is 0 Å². The SMILES string of the molecule is CCc1nc2c(C)cc(C)nc2n1Cc1cccc([C@]2(CN3CCNCC3)CC[C@H](N)CC2)c1. The van der Waals surface area contributed by atoms with Crippen LogP contribution >= 0.6 is 0 Å². The lowest BCUT2D eigenvalue weighted by molar-refractivity contribution is 0.148. The minimum Gasteiger partial charge on any atom is -0.328 e. The van der Waals surface area contributed by atoms with Gasteiger partial charge in [-0.1, -0.05) is 31.2 Å². The predicted molar refractivity (Wildman–Crippen MR) is 139 cm³/mol. The third-order valence-electron chi connectivity index (χ3n) is 8.02. The molecule has 2 aromatic heterocycles. The van der Waals surface area contributed by atoms with E-state index in [1.54, 1.807) is 0 Å². The number of hydrogen-bond donors (Lipinski definition) is 2. The highest BCUT2D eigenvalue weighted by molar-refractivity contribution is 5.76. The molecular weight excluding hydrogens is 420 g/mol. The Bertz CT molecular complexity index is 1140. The van der Waals surface area contributed by atoms with Gasteiger partial charge >= 0.3 is 0 Å². The normalized spacial score (nSPS) is 24.1. The number of hydrogen-bond acceptors (Lipinski definition) is 5. The minimum absolute atomic E-state index is 0.194. The number of fused-ring (bicyclic) bond motifs is 1. The van der Waals surface area contributed by atoms with Crippen LogP contribution in [0.15, 0.2) is 30.3 Å². The van der Waals surface area contributed by atoms with E-state index in [1.807, 2.05) is 0 Å². The standard InChI is InChI=1S/C28H40N6/c1-4-25-32-26-20(2)16-21(3)31-27(26)34(25)18-22-6-5-7-23(17-22)28(10-8-24(29)9-11-28)19-33-14-12-30-13-15-33/h5-7,16-17,24,30H,4,8-15,18-19,29H2,1-3H3/t24-,28+. The van der Waals surface area contributed by atoms with Gasteiger partial charge in [-0.25, -0.2) is 9.97 Å². The van der Waals surface area contributed by atoms with E-state index in [-0.39, 0.29) is 5.41 Å². The van der Waals surface area contributed by atoms with Crippen LogP contribution in [0.1, 0.15) is 60.8 Å². The monoisotopic (exact) mass is 460 g/mol. The zero-order valence-corrected chi connectivity index (χ0v) is 21.1. The van der Waals surface area contributed by atoms with Crippen LogP contribution in [0.4, 0.5) is 0 Å². The summed E-state index contributed by atoms with van der Waals surface area (Å²) in [6, 6.07) is 11.8. The fourth-order valence-corrected chi connectivity index (χ4v) is 6.09. The second kappa shape index (κ2) is 9.76. The first-order valence-electron chi connectivity index (χ1n) is 13.1. The van der Waals surface area contributed by atoms with Gasteiger partial charge in [0.15, 0.2) is 5.65 Å². The molecule has 3 heterocycles. The Morgan fingerprint density at radius 2 is 1.85 bits per heavy atom. The third-order valence-corrected chi connectivity index (χ3v) is 8.02. The van der Waals surface area contributed by atoms with E-state index in [9.17, 15) is 0 Å². The number of benzene rings is 1. The number of pyridine rings is 1. The molecule has 182 valence electrons. The maximum atomic E-state index is 6.36. The van der Waals surface area contributed by atoms with Crippen LogP contribution in [0.3, 0.4) is 0 Å². The minimum atomic E-state index is 0.194. The summed E-state index contributed by atoms with van der Waals surface area (Å²) in [5, 5.41) is 3.50. The Morgan fingerprint density at radius 3 is 2.59 bits per heavy atom. The van der Waals surface area contributed by atoms with Crippen molar-refractivity contribution < 1.29 is 0 Å². The summed E-state index contributed by atoms with van der Waals surface area (Å²) in [4.78, 5) is 12.5. The molecule has 3 N–H and O–H groups in total. The highest BCUT2D eigenvalue weighted by Crippen LogP contribution is 2.40. The highest BCUT2D eigenvalue weighted by atomic mass is 15.2. The average Bonchev–Trinajstić information content (AvgIpc) is 3.19. The van der Waals surface area contributed by atoms with Crippen molar-refractivity contribution in [1.29, 1.82) is 0 Å². The van der Waals surface area contributed by atoms with Crippen molar-refractivity contribution in [2.45, 2.75) is 70.9 Å². The summed E-state index contributed by atoms with van der Waals surface area (Å²) in [5.74, 6) is 1.11. The summed E-state index contributed by atoms with van der Waals surface area (Å²) >= 11 is 0. The predicted octanol–water partition coefficient (Wildman–Crippen LogP) is 3.70. The summed E-state index contributed by atoms with van der Waals surface area (Å²) in [7, 11) is 0. The molecule has 34 heavy (non-hydrogen) atoms. The van der Waals surface area contributed by atoms with Crippen molar-refractivity contribution in [3.8, 4) is 0 Å². The summed E-state index contributed by atoms with van der Waals surface area (Å²) in [5.41, 5.74) is 13.7. The van der Waals surface area contributed by atoms with Gasteiger partial charge in [0.05, 0.1) is 6.54 Å². The Labute approximate surface area is 204 Å². The van der Waals surface area contributed by atoms with Gasteiger partial charge in [-0.05, 0) is 62.3 Å². The second-order valence-corrected chi connectivity index (χ2v) is 10.6. The molecule has 2 fully saturated rings. The van der Waals surface area contributed by atoms with Crippen LogP contribution in [-0.4, -0.2) is 58.2 Å². The van der Waals surface area contributed by atoms with Crippen LogP contribution in [0.25, 0.3) is 11.2 Å². The number of imidazole rings is 1. The fraction of sp³-hybridized carbons (Fsp3) is 0.571. The molecule has 5 rings (SSSR count). The molecule has 1 aromatic carbocycles. The number of nitrogens with two attached hydrogens (primary N) is 1. The van der Waals surface area contributed by atoms with E-state index in [0.717, 1.165) is 81.2 Å². The lowest BCUT2D eigenvalue weighted by atomic mass is 9.67. The molecule has 1 saturated carbocycles. The molecule has 1 aliphatic heterocycles. The zero-order chi connectivity index (χ0) is 23.7. The van der Waals surface area contributed by atoms with Crippen molar-refractivity contribution >= 4 is 11.2 Å². The van der Waals surface area contributed by atoms with Crippen molar-refractivity contribution in [1.82, 2.24) is 24.8 Å². The topological polar surface area (TPSA) is 72.0 Å². The molecule has 1 saturated heterocycles. The number of rotatable bonds is 6. The first-order chi connectivity index (χ1) is 16.5. The number of piperazine rings is 1. The highest BCUT2D eigenvalue weighted by Gasteiger charge is 2.38. The van der Waals surface area contributed by atoms with Crippen LogP contribution in [0.2, 0.25) is 0 Å². The van der Waals surface area contributed by atoms with E-state index in [4.69, 9.17) is 15.7 Å². The van der Waals surface area contributed by atoms with Crippen LogP contribution in [0.5, 0.6) is 0 Å². The molecule has 3 aromatic rings. The van der Waals surface area contributed by atoms with Crippen molar-refractivity contribution in [2.24, 2.45) is 5.73 Å². The summed E-state index contributed by atoms with van der Waals surface area (Å²) < 4.78 is 2.33. The second-order valence-electron chi connectivity index (χ2n) is 10.6. The van der Waals surface area contributed by atoms with Crippen LogP contribution in [0, 0.1) is 13.8 Å². The maximum absolute atomic E-state index is 6.36. The average molecular weight is 461 g/mol. The largest absolute Gasteiger partial charge is 0.328 e. The van der Waals surface area contributed by atoms with Crippen molar-refractivity contribution in [2.75, 3.05) is 32.7 Å². The third kappa shape index (κ3) is 4.64. The van der Waals surface area contributed by atoms with E-state index in [0.29, 0.717) is 6.04 Å². The van der Waals surface area contributed by atoms with E-state index in [1.165, 1.54) is 29.5 Å². The van der Waals surface area contributed by atoms with Crippen molar-refractivity contribution in [3.05, 3.63) is 58.5 Å². The fourth-order valence-electron chi connectivity index (χ4n) is 6.09. The summed E-state index contributed by atoms with van der Waals surface area (Å²) in [6.45, 7) is 12.8. The molecule has 0 spiro atoms. The Kier molecular flexibility index (Phi) is 6.74. The molecule has 6 heteroatoms. The van der Waals surface area contributed by atoms with Crippen molar-refractivity contribution in [3.63, 3.8) is 0 Å². The van der Waals surface area contributed by atoms with Gasteiger partial charge in [0, 0.05) is 56.3 Å². The lowest BCUT2D eigenvalue weighted by Crippen LogP contribution is -2.51. The molecule has 0 radical (unpaired) electrons. The van der Waals surface area contributed by atoms with Gasteiger partial charge in [0.1, 0.15) is 11.3 Å². The zero-order valence-electron chi connectivity index (χ0n) is 21.1. The Balaban J connectivity index is 1.49. The molecular formula is C28H40N6. The first-order valence-corrected chi connectivity index (χ1v) is 13.1. The van der Waals surface area contributed by atoms with Gasteiger partial charge in [0.25, 0.3) is 0 Å². The molecule has 1 aliphatic carbocycles. The van der Waals surface area contributed by atoms with E-state index in [2.05, 4.69) is 65.9 Å². The van der Waals surface area contributed by atoms with Crippen LogP contribution < -0.4 is 11.1 Å².